The van der Waals surface area contributed by atoms with Crippen LogP contribution in [0.3, 0.4) is 0 Å². The van der Waals surface area contributed by atoms with Crippen molar-refractivity contribution in [2.24, 2.45) is 0 Å². The van der Waals surface area contributed by atoms with Crippen LogP contribution in [-0.2, 0) is 6.18 Å². The third-order valence-corrected chi connectivity index (χ3v) is 4.01. The maximum Gasteiger partial charge on any atom is 0.416 e. The molecular weight excluding hydrogens is 320 g/mol. The predicted octanol–water partition coefficient (Wildman–Crippen LogP) is 4.06. The minimum absolute atomic E-state index is 0.00858. The van der Waals surface area contributed by atoms with Gasteiger partial charge < -0.3 is 4.98 Å². The monoisotopic (exact) mass is 328 g/mol. The Morgan fingerprint density at radius 1 is 1.14 bits per heavy atom. The Hall–Kier alpha value is -2.22. The lowest BCUT2D eigenvalue weighted by molar-refractivity contribution is -0.137. The SMILES string of the molecule is O=c1[nH]c(C(F)c2ccc(C(F)(F)F)cc2)nc2ccsc12. The number of nitrogens with one attached hydrogen (secondary N) is 1. The molecule has 1 unspecified atom stereocenters. The second-order valence-corrected chi connectivity index (χ2v) is 5.48. The molecule has 2 heterocycles. The van der Waals surface area contributed by atoms with Crippen LogP contribution in [0, 0.1) is 0 Å². The molecule has 2 aromatic heterocycles. The quantitative estimate of drug-likeness (QED) is 0.721. The number of alkyl halides is 4. The molecule has 8 heteroatoms. The zero-order valence-electron chi connectivity index (χ0n) is 10.8. The van der Waals surface area contributed by atoms with Crippen molar-refractivity contribution >= 4 is 21.6 Å². The molecule has 3 aromatic rings. The van der Waals surface area contributed by atoms with Gasteiger partial charge in [0.1, 0.15) is 10.5 Å². The number of fused-ring (bicyclic) bond motifs is 1. The van der Waals surface area contributed by atoms with Crippen LogP contribution in [0.5, 0.6) is 0 Å². The van der Waals surface area contributed by atoms with E-state index in [2.05, 4.69) is 9.97 Å². The van der Waals surface area contributed by atoms with E-state index in [1.54, 1.807) is 11.4 Å². The van der Waals surface area contributed by atoms with Gasteiger partial charge in [0.05, 0.1) is 11.1 Å². The smallest absolute Gasteiger partial charge is 0.307 e. The third kappa shape index (κ3) is 2.61. The summed E-state index contributed by atoms with van der Waals surface area (Å²) in [4.78, 5) is 18.1. The Balaban J connectivity index is 1.98. The summed E-state index contributed by atoms with van der Waals surface area (Å²) < 4.78 is 52.2. The summed E-state index contributed by atoms with van der Waals surface area (Å²) in [5, 5.41) is 1.65. The van der Waals surface area contributed by atoms with Crippen molar-refractivity contribution in [2.45, 2.75) is 12.3 Å². The molecular formula is C14H8F4N2OS. The lowest BCUT2D eigenvalue weighted by atomic mass is 10.1. The van der Waals surface area contributed by atoms with Crippen molar-refractivity contribution in [3.8, 4) is 0 Å². The highest BCUT2D eigenvalue weighted by Gasteiger charge is 2.30. The van der Waals surface area contributed by atoms with Gasteiger partial charge in [0.25, 0.3) is 5.56 Å². The minimum atomic E-state index is -4.48. The normalized spacial score (nSPS) is 13.5. The molecule has 0 aliphatic heterocycles. The Bertz CT molecular complexity index is 867. The van der Waals surface area contributed by atoms with Gasteiger partial charge in [-0.2, -0.15) is 13.2 Å². The van der Waals surface area contributed by atoms with E-state index in [1.807, 2.05) is 0 Å². The first-order chi connectivity index (χ1) is 10.4. The van der Waals surface area contributed by atoms with Crippen molar-refractivity contribution in [3.63, 3.8) is 0 Å². The van der Waals surface area contributed by atoms with Gasteiger partial charge in [0, 0.05) is 0 Å². The van der Waals surface area contributed by atoms with Crippen molar-refractivity contribution in [1.29, 1.82) is 0 Å². The first-order valence-electron chi connectivity index (χ1n) is 6.15. The molecule has 1 N–H and O–H groups in total. The Morgan fingerprint density at radius 3 is 2.45 bits per heavy atom. The number of aromatic nitrogens is 2. The number of benzene rings is 1. The number of hydrogen-bond acceptors (Lipinski definition) is 3. The molecule has 114 valence electrons. The third-order valence-electron chi connectivity index (χ3n) is 3.10. The van der Waals surface area contributed by atoms with E-state index >= 15 is 0 Å². The zero-order chi connectivity index (χ0) is 15.9. The number of rotatable bonds is 2. The summed E-state index contributed by atoms with van der Waals surface area (Å²) in [5.41, 5.74) is -0.980. The van der Waals surface area contributed by atoms with Crippen LogP contribution < -0.4 is 5.56 Å². The van der Waals surface area contributed by atoms with Gasteiger partial charge >= 0.3 is 6.18 Å². The zero-order valence-corrected chi connectivity index (χ0v) is 11.6. The summed E-state index contributed by atoms with van der Waals surface area (Å²) in [5.74, 6) is -0.226. The van der Waals surface area contributed by atoms with Gasteiger partial charge in [0.15, 0.2) is 6.17 Å². The average Bonchev–Trinajstić information content (AvgIpc) is 2.94. The first kappa shape index (κ1) is 14.7. The number of nitrogens with zero attached hydrogens (tertiary/aromatic N) is 1. The Morgan fingerprint density at radius 2 is 1.82 bits per heavy atom. The van der Waals surface area contributed by atoms with Crippen LogP contribution in [0.1, 0.15) is 23.1 Å². The maximum atomic E-state index is 14.4. The van der Waals surface area contributed by atoms with Crippen molar-refractivity contribution in [2.75, 3.05) is 0 Å². The molecule has 0 saturated carbocycles. The lowest BCUT2D eigenvalue weighted by Gasteiger charge is -2.10. The van der Waals surface area contributed by atoms with Crippen LogP contribution in [0.15, 0.2) is 40.5 Å². The molecule has 0 bridgehead atoms. The van der Waals surface area contributed by atoms with Crippen LogP contribution in [0.25, 0.3) is 10.2 Å². The molecule has 0 aliphatic rings. The lowest BCUT2D eigenvalue weighted by Crippen LogP contribution is -2.13. The van der Waals surface area contributed by atoms with Gasteiger partial charge in [0.2, 0.25) is 0 Å². The van der Waals surface area contributed by atoms with E-state index in [1.165, 1.54) is 11.3 Å². The molecule has 0 aliphatic carbocycles. The topological polar surface area (TPSA) is 45.8 Å². The minimum Gasteiger partial charge on any atom is -0.307 e. The summed E-state index contributed by atoms with van der Waals surface area (Å²) in [6.45, 7) is 0. The molecule has 1 atom stereocenters. The molecule has 0 fully saturated rings. The molecule has 22 heavy (non-hydrogen) atoms. The van der Waals surface area contributed by atoms with Gasteiger partial charge in [-0.3, -0.25) is 4.79 Å². The maximum absolute atomic E-state index is 14.4. The number of H-pyrrole nitrogens is 1. The van der Waals surface area contributed by atoms with E-state index in [0.29, 0.717) is 10.2 Å². The fourth-order valence-corrected chi connectivity index (χ4v) is 2.74. The number of hydrogen-bond donors (Lipinski definition) is 1. The van der Waals surface area contributed by atoms with Gasteiger partial charge in [-0.05, 0) is 29.1 Å². The van der Waals surface area contributed by atoms with Crippen LogP contribution >= 0.6 is 11.3 Å². The highest BCUT2D eigenvalue weighted by atomic mass is 32.1. The first-order valence-corrected chi connectivity index (χ1v) is 7.03. The molecule has 0 spiro atoms. The van der Waals surface area contributed by atoms with Crippen LogP contribution in [0.2, 0.25) is 0 Å². The molecule has 0 saturated heterocycles. The van der Waals surface area contributed by atoms with Crippen molar-refractivity contribution in [3.05, 3.63) is 63.0 Å². The standard InChI is InChI=1S/C14H8F4N2OS/c15-10(7-1-3-8(4-2-7)14(16,17)18)12-19-9-5-6-22-11(9)13(21)20-12/h1-6,10H,(H,19,20,21). The number of aromatic amines is 1. The van der Waals surface area contributed by atoms with Crippen molar-refractivity contribution in [1.82, 2.24) is 9.97 Å². The molecule has 3 rings (SSSR count). The molecule has 0 amide bonds. The Kier molecular flexibility index (Phi) is 3.48. The highest BCUT2D eigenvalue weighted by molar-refractivity contribution is 7.17. The second kappa shape index (κ2) is 5.20. The van der Waals surface area contributed by atoms with Gasteiger partial charge in [-0.25, -0.2) is 9.37 Å². The van der Waals surface area contributed by atoms with Crippen molar-refractivity contribution < 1.29 is 17.6 Å². The van der Waals surface area contributed by atoms with Crippen LogP contribution in [-0.4, -0.2) is 9.97 Å². The summed E-state index contributed by atoms with van der Waals surface area (Å²) in [7, 11) is 0. The summed E-state index contributed by atoms with van der Waals surface area (Å²) in [6, 6.07) is 5.24. The molecule has 0 radical (unpaired) electrons. The van der Waals surface area contributed by atoms with Crippen LogP contribution in [0.4, 0.5) is 17.6 Å². The average molecular weight is 328 g/mol. The summed E-state index contributed by atoms with van der Waals surface area (Å²) in [6.07, 6.45) is -6.29. The van der Waals surface area contributed by atoms with E-state index in [-0.39, 0.29) is 11.4 Å². The number of halogens is 4. The second-order valence-electron chi connectivity index (χ2n) is 4.57. The van der Waals surface area contributed by atoms with E-state index < -0.39 is 23.5 Å². The fraction of sp³-hybridized carbons (Fsp3) is 0.143. The van der Waals surface area contributed by atoms with E-state index in [0.717, 1.165) is 24.3 Å². The largest absolute Gasteiger partial charge is 0.416 e. The van der Waals surface area contributed by atoms with E-state index in [9.17, 15) is 22.4 Å². The molecule has 3 nitrogen and oxygen atoms in total. The molecule has 1 aromatic carbocycles. The predicted molar refractivity (Wildman–Crippen MR) is 74.6 cm³/mol. The van der Waals surface area contributed by atoms with E-state index in [4.69, 9.17) is 0 Å². The fourth-order valence-electron chi connectivity index (χ4n) is 2.01. The van der Waals surface area contributed by atoms with Gasteiger partial charge in [-0.1, -0.05) is 12.1 Å². The Labute approximate surface area is 125 Å². The highest BCUT2D eigenvalue weighted by Crippen LogP contribution is 2.31. The number of thiophene rings is 1. The van der Waals surface area contributed by atoms with Gasteiger partial charge in [-0.15, -0.1) is 11.3 Å². The summed E-state index contributed by atoms with van der Waals surface area (Å²) >= 11 is 1.18.